The number of aromatic nitrogens is 2. The van der Waals surface area contributed by atoms with Crippen molar-refractivity contribution in [2.24, 2.45) is 0 Å². The Labute approximate surface area is 198 Å². The van der Waals surface area contributed by atoms with Crippen LogP contribution in [0.1, 0.15) is 44.1 Å². The summed E-state index contributed by atoms with van der Waals surface area (Å²) in [6.45, 7) is 0.525. The number of hydrogen-bond donors (Lipinski definition) is 1. The summed E-state index contributed by atoms with van der Waals surface area (Å²) < 4.78 is 1.68. The van der Waals surface area contributed by atoms with Gasteiger partial charge in [0, 0.05) is 6.54 Å². The van der Waals surface area contributed by atoms with Crippen LogP contribution in [-0.2, 0) is 17.8 Å². The van der Waals surface area contributed by atoms with Gasteiger partial charge >= 0.3 is 0 Å². The molecular weight excluding hydrogens is 432 g/mol. The van der Waals surface area contributed by atoms with Crippen LogP contribution in [0.5, 0.6) is 0 Å². The third-order valence-corrected chi connectivity index (χ3v) is 7.13. The minimum absolute atomic E-state index is 0.0858. The van der Waals surface area contributed by atoms with Gasteiger partial charge < -0.3 is 5.32 Å². The Morgan fingerprint density at radius 1 is 1.09 bits per heavy atom. The second-order valence-electron chi connectivity index (χ2n) is 8.55. The molecule has 7 heteroatoms. The molecule has 170 valence electrons. The summed E-state index contributed by atoms with van der Waals surface area (Å²) >= 11 is 1.26. The summed E-state index contributed by atoms with van der Waals surface area (Å²) in [6, 6.07) is 19.8. The molecule has 0 atom stereocenters. The van der Waals surface area contributed by atoms with E-state index in [-0.39, 0.29) is 17.2 Å². The van der Waals surface area contributed by atoms with E-state index >= 15 is 0 Å². The van der Waals surface area contributed by atoms with Gasteiger partial charge in [-0.1, -0.05) is 73.5 Å². The molecule has 33 heavy (non-hydrogen) atoms. The zero-order chi connectivity index (χ0) is 23.1. The lowest BCUT2D eigenvalue weighted by Gasteiger charge is -2.31. The van der Waals surface area contributed by atoms with Crippen molar-refractivity contribution in [1.29, 1.82) is 5.26 Å². The van der Waals surface area contributed by atoms with Gasteiger partial charge in [-0.05, 0) is 43.4 Å². The standard InChI is InChI=1S/C26H28N4O2S/c27-19-26(15-7-2-8-16-26)29-23(31)18-33-25-28-22-14-6-5-13-21(22)24(32)30(25)17-9-12-20-10-3-1-4-11-20/h1,3-6,10-11,13-14H,2,7-9,12,15-18H2,(H,29,31). The molecule has 1 amide bonds. The number of aryl methyl sites for hydroxylation is 1. The first-order valence-electron chi connectivity index (χ1n) is 11.5. The number of carbonyl (C=O) groups is 1. The van der Waals surface area contributed by atoms with Crippen molar-refractivity contribution in [2.75, 3.05) is 5.75 Å². The quantitative estimate of drug-likeness (QED) is 0.396. The van der Waals surface area contributed by atoms with Crippen molar-refractivity contribution >= 4 is 28.6 Å². The molecule has 4 rings (SSSR count). The smallest absolute Gasteiger partial charge is 0.262 e. The van der Waals surface area contributed by atoms with Crippen LogP contribution in [0, 0.1) is 11.3 Å². The summed E-state index contributed by atoms with van der Waals surface area (Å²) in [5.74, 6) is -0.0749. The minimum Gasteiger partial charge on any atom is -0.337 e. The number of thioether (sulfide) groups is 1. The van der Waals surface area contributed by atoms with Gasteiger partial charge in [0.05, 0.1) is 22.7 Å². The monoisotopic (exact) mass is 460 g/mol. The van der Waals surface area contributed by atoms with Crippen LogP contribution in [0.2, 0.25) is 0 Å². The van der Waals surface area contributed by atoms with Gasteiger partial charge in [0.2, 0.25) is 5.91 Å². The third-order valence-electron chi connectivity index (χ3n) is 6.15. The molecule has 1 saturated carbocycles. The molecule has 1 aliphatic rings. The maximum atomic E-state index is 13.2. The molecule has 3 aromatic rings. The van der Waals surface area contributed by atoms with E-state index in [4.69, 9.17) is 4.98 Å². The van der Waals surface area contributed by atoms with E-state index in [9.17, 15) is 14.9 Å². The van der Waals surface area contributed by atoms with Crippen molar-refractivity contribution in [3.63, 3.8) is 0 Å². The van der Waals surface area contributed by atoms with Gasteiger partial charge in [0.1, 0.15) is 5.54 Å². The highest BCUT2D eigenvalue weighted by Crippen LogP contribution is 2.28. The third kappa shape index (κ3) is 5.63. The van der Waals surface area contributed by atoms with E-state index in [1.807, 2.05) is 36.4 Å². The molecule has 6 nitrogen and oxygen atoms in total. The highest BCUT2D eigenvalue weighted by atomic mass is 32.2. The lowest BCUT2D eigenvalue weighted by atomic mass is 9.83. The maximum absolute atomic E-state index is 13.2. The summed E-state index contributed by atoms with van der Waals surface area (Å²) in [5, 5.41) is 13.7. The Kier molecular flexibility index (Phi) is 7.46. The average molecular weight is 461 g/mol. The van der Waals surface area contributed by atoms with Crippen LogP contribution < -0.4 is 10.9 Å². The maximum Gasteiger partial charge on any atom is 0.262 e. The lowest BCUT2D eigenvalue weighted by molar-refractivity contribution is -0.120. The number of para-hydroxylation sites is 1. The number of amides is 1. The van der Waals surface area contributed by atoms with Crippen LogP contribution in [0.15, 0.2) is 64.5 Å². The second-order valence-corrected chi connectivity index (χ2v) is 9.49. The number of fused-ring (bicyclic) bond motifs is 1. The van der Waals surface area contributed by atoms with Crippen LogP contribution in [0.25, 0.3) is 10.9 Å². The van der Waals surface area contributed by atoms with Crippen molar-refractivity contribution in [3.05, 3.63) is 70.5 Å². The first-order chi connectivity index (χ1) is 16.1. The molecule has 0 aliphatic heterocycles. The van der Waals surface area contributed by atoms with Gasteiger partial charge in [-0.25, -0.2) is 4.98 Å². The van der Waals surface area contributed by atoms with Crippen LogP contribution >= 0.6 is 11.8 Å². The molecule has 0 saturated heterocycles. The van der Waals surface area contributed by atoms with Crippen LogP contribution in [-0.4, -0.2) is 26.8 Å². The van der Waals surface area contributed by atoms with Crippen molar-refractivity contribution in [1.82, 2.24) is 14.9 Å². The summed E-state index contributed by atoms with van der Waals surface area (Å²) in [7, 11) is 0. The number of nitriles is 1. The molecule has 1 heterocycles. The van der Waals surface area contributed by atoms with E-state index in [1.54, 1.807) is 10.6 Å². The van der Waals surface area contributed by atoms with Gasteiger partial charge in [-0.3, -0.25) is 14.2 Å². The molecule has 1 fully saturated rings. The predicted octanol–water partition coefficient (Wildman–Crippen LogP) is 4.46. The Morgan fingerprint density at radius 2 is 1.82 bits per heavy atom. The molecule has 0 bridgehead atoms. The fourth-order valence-corrected chi connectivity index (χ4v) is 5.22. The number of nitrogens with zero attached hydrogens (tertiary/aromatic N) is 3. The Balaban J connectivity index is 1.50. The molecule has 0 unspecified atom stereocenters. The van der Waals surface area contributed by atoms with Gasteiger partial charge in [0.15, 0.2) is 5.16 Å². The van der Waals surface area contributed by atoms with E-state index in [0.717, 1.165) is 32.1 Å². The molecule has 1 aliphatic carbocycles. The van der Waals surface area contributed by atoms with Crippen molar-refractivity contribution < 1.29 is 4.79 Å². The molecule has 0 spiro atoms. The normalized spacial score (nSPS) is 15.1. The second kappa shape index (κ2) is 10.7. The van der Waals surface area contributed by atoms with E-state index in [1.165, 1.54) is 17.3 Å². The van der Waals surface area contributed by atoms with Crippen LogP contribution in [0.3, 0.4) is 0 Å². The van der Waals surface area contributed by atoms with Gasteiger partial charge in [-0.15, -0.1) is 0 Å². The minimum atomic E-state index is -0.762. The van der Waals surface area contributed by atoms with Gasteiger partial charge in [0.25, 0.3) is 5.56 Å². The first-order valence-corrected chi connectivity index (χ1v) is 12.5. The van der Waals surface area contributed by atoms with E-state index < -0.39 is 5.54 Å². The van der Waals surface area contributed by atoms with Gasteiger partial charge in [-0.2, -0.15) is 5.26 Å². The SMILES string of the molecule is N#CC1(NC(=O)CSc2nc3ccccc3c(=O)n2CCCc2ccccc2)CCCCC1. The summed E-state index contributed by atoms with van der Waals surface area (Å²) in [5.41, 5.74) is 1.01. The van der Waals surface area contributed by atoms with E-state index in [2.05, 4.69) is 23.5 Å². The fraction of sp³-hybridized carbons (Fsp3) is 0.385. The Bertz CT molecular complexity index is 1210. The number of rotatable bonds is 8. The average Bonchev–Trinajstić information content (AvgIpc) is 2.85. The molecular formula is C26H28N4O2S. The molecule has 2 aromatic carbocycles. The zero-order valence-electron chi connectivity index (χ0n) is 18.6. The number of carbonyl (C=O) groups excluding carboxylic acids is 1. The van der Waals surface area contributed by atoms with Crippen LogP contribution in [0.4, 0.5) is 0 Å². The molecule has 1 aromatic heterocycles. The number of benzene rings is 2. The van der Waals surface area contributed by atoms with Crippen molar-refractivity contribution in [2.45, 2.75) is 62.2 Å². The summed E-state index contributed by atoms with van der Waals surface area (Å²) in [6.07, 6.45) is 6.04. The van der Waals surface area contributed by atoms with E-state index in [0.29, 0.717) is 35.4 Å². The highest BCUT2D eigenvalue weighted by molar-refractivity contribution is 7.99. The highest BCUT2D eigenvalue weighted by Gasteiger charge is 2.33. The number of hydrogen-bond acceptors (Lipinski definition) is 5. The lowest BCUT2D eigenvalue weighted by Crippen LogP contribution is -2.49. The predicted molar refractivity (Wildman–Crippen MR) is 131 cm³/mol. The zero-order valence-corrected chi connectivity index (χ0v) is 19.4. The fourth-order valence-electron chi connectivity index (χ4n) is 4.39. The topological polar surface area (TPSA) is 87.8 Å². The molecule has 1 N–H and O–H groups in total. The Morgan fingerprint density at radius 3 is 2.58 bits per heavy atom. The summed E-state index contributed by atoms with van der Waals surface area (Å²) in [4.78, 5) is 30.6. The molecule has 0 radical (unpaired) electrons. The first kappa shape index (κ1) is 23.1. The van der Waals surface area contributed by atoms with Crippen molar-refractivity contribution in [3.8, 4) is 6.07 Å². The number of nitrogens with one attached hydrogen (secondary N) is 1. The Hall–Kier alpha value is -3.11. The largest absolute Gasteiger partial charge is 0.337 e.